The van der Waals surface area contributed by atoms with E-state index in [4.69, 9.17) is 4.74 Å². The van der Waals surface area contributed by atoms with E-state index in [-0.39, 0.29) is 23.5 Å². The third kappa shape index (κ3) is 1.08. The zero-order valence-corrected chi connectivity index (χ0v) is 9.90. The Balaban J connectivity index is 1.98. The van der Waals surface area contributed by atoms with Crippen LogP contribution >= 0.6 is 0 Å². The van der Waals surface area contributed by atoms with Crippen molar-refractivity contribution in [2.45, 2.75) is 38.4 Å². The first kappa shape index (κ1) is 10.3. The number of ketones is 1. The maximum Gasteiger partial charge on any atom is 0.146 e. The Morgan fingerprint density at radius 3 is 3.00 bits per heavy atom. The molecule has 0 aromatic heterocycles. The van der Waals surface area contributed by atoms with E-state index in [0.29, 0.717) is 11.7 Å². The molecule has 4 atom stereocenters. The summed E-state index contributed by atoms with van der Waals surface area (Å²) in [6.45, 7) is 8.33. The first-order valence-corrected chi connectivity index (χ1v) is 6.15. The number of hydrogen-bond donors (Lipinski definition) is 0. The summed E-state index contributed by atoms with van der Waals surface area (Å²) >= 11 is 0. The minimum absolute atomic E-state index is 0.000128. The van der Waals surface area contributed by atoms with Crippen molar-refractivity contribution in [2.24, 2.45) is 17.8 Å². The van der Waals surface area contributed by atoms with Gasteiger partial charge in [-0.3, -0.25) is 4.79 Å². The monoisotopic (exact) mass is 218 g/mol. The van der Waals surface area contributed by atoms with Gasteiger partial charge in [0.15, 0.2) is 0 Å². The zero-order chi connectivity index (χ0) is 11.5. The van der Waals surface area contributed by atoms with Crippen LogP contribution in [0, 0.1) is 17.8 Å². The van der Waals surface area contributed by atoms with Gasteiger partial charge in [-0.15, -0.1) is 0 Å². The molecule has 0 aromatic rings. The second-order valence-electron chi connectivity index (χ2n) is 5.65. The number of fused-ring (bicyclic) bond motifs is 1. The van der Waals surface area contributed by atoms with E-state index in [2.05, 4.69) is 32.6 Å². The van der Waals surface area contributed by atoms with Gasteiger partial charge in [-0.25, -0.2) is 0 Å². The standard InChI is InChI=1S/C14H18O2/c1-8(2)10-4-6-14-7-5-11(16-14)9(3)12(14)13(10)15/h5,7-8,10-12H,3-4,6H2,1-2H3/t10-,11+,12-,14-/m0/s1. The summed E-state index contributed by atoms with van der Waals surface area (Å²) in [6.07, 6.45) is 6.09. The van der Waals surface area contributed by atoms with E-state index >= 15 is 0 Å². The molecule has 1 spiro atoms. The molecule has 2 fully saturated rings. The Morgan fingerprint density at radius 1 is 1.56 bits per heavy atom. The van der Waals surface area contributed by atoms with E-state index in [1.54, 1.807) is 0 Å². The summed E-state index contributed by atoms with van der Waals surface area (Å²) in [7, 11) is 0. The van der Waals surface area contributed by atoms with Crippen LogP contribution in [0.5, 0.6) is 0 Å². The van der Waals surface area contributed by atoms with Crippen LogP contribution in [0.4, 0.5) is 0 Å². The van der Waals surface area contributed by atoms with Gasteiger partial charge in [0.25, 0.3) is 0 Å². The number of carbonyl (C=O) groups excluding carboxylic acids is 1. The minimum Gasteiger partial charge on any atom is -0.358 e. The van der Waals surface area contributed by atoms with Crippen LogP contribution in [-0.2, 0) is 9.53 Å². The summed E-state index contributed by atoms with van der Waals surface area (Å²) in [5.41, 5.74) is 0.669. The van der Waals surface area contributed by atoms with Gasteiger partial charge in [0.2, 0.25) is 0 Å². The number of rotatable bonds is 1. The van der Waals surface area contributed by atoms with Gasteiger partial charge >= 0.3 is 0 Å². The van der Waals surface area contributed by atoms with Crippen LogP contribution in [0.2, 0.25) is 0 Å². The van der Waals surface area contributed by atoms with E-state index in [9.17, 15) is 4.79 Å². The molecule has 0 unspecified atom stereocenters. The molecule has 1 saturated heterocycles. The van der Waals surface area contributed by atoms with Gasteiger partial charge in [0, 0.05) is 5.92 Å². The van der Waals surface area contributed by atoms with E-state index < -0.39 is 0 Å². The predicted octanol–water partition coefficient (Wildman–Crippen LogP) is 2.50. The van der Waals surface area contributed by atoms with Crippen LogP contribution in [-0.4, -0.2) is 17.5 Å². The second-order valence-corrected chi connectivity index (χ2v) is 5.65. The van der Waals surface area contributed by atoms with Gasteiger partial charge < -0.3 is 4.74 Å². The van der Waals surface area contributed by atoms with Gasteiger partial charge in [0.1, 0.15) is 11.4 Å². The normalized spacial score (nSPS) is 45.6. The van der Waals surface area contributed by atoms with Crippen LogP contribution in [0.1, 0.15) is 26.7 Å². The van der Waals surface area contributed by atoms with Gasteiger partial charge in [-0.1, -0.05) is 32.6 Å². The molecule has 2 nitrogen and oxygen atoms in total. The maximum absolute atomic E-state index is 12.5. The van der Waals surface area contributed by atoms with Crippen LogP contribution < -0.4 is 0 Å². The molecule has 86 valence electrons. The third-order valence-corrected chi connectivity index (χ3v) is 4.43. The number of carbonyl (C=O) groups is 1. The lowest BCUT2D eigenvalue weighted by molar-refractivity contribution is -0.136. The average Bonchev–Trinajstić information content (AvgIpc) is 2.73. The third-order valence-electron chi connectivity index (χ3n) is 4.43. The first-order valence-electron chi connectivity index (χ1n) is 6.15. The Labute approximate surface area is 96.4 Å². The molecule has 3 aliphatic rings. The van der Waals surface area contributed by atoms with E-state index in [1.807, 2.05) is 0 Å². The Morgan fingerprint density at radius 2 is 2.31 bits per heavy atom. The topological polar surface area (TPSA) is 26.3 Å². The lowest BCUT2D eigenvalue weighted by atomic mass is 9.64. The molecule has 0 amide bonds. The first-order chi connectivity index (χ1) is 7.55. The van der Waals surface area contributed by atoms with Gasteiger partial charge in [-0.05, 0) is 24.3 Å². The lowest BCUT2D eigenvalue weighted by Crippen LogP contribution is -2.46. The number of Topliss-reactive ketones (excluding diaryl/α,β-unsaturated/α-hetero) is 1. The molecule has 2 bridgehead atoms. The highest BCUT2D eigenvalue weighted by molar-refractivity contribution is 5.90. The van der Waals surface area contributed by atoms with Crippen molar-refractivity contribution in [3.05, 3.63) is 24.3 Å². The molecule has 2 heterocycles. The maximum atomic E-state index is 12.5. The summed E-state index contributed by atoms with van der Waals surface area (Å²) in [4.78, 5) is 12.5. The highest BCUT2D eigenvalue weighted by Crippen LogP contribution is 2.53. The average molecular weight is 218 g/mol. The number of ether oxygens (including phenoxy) is 1. The zero-order valence-electron chi connectivity index (χ0n) is 9.90. The Hall–Kier alpha value is -0.890. The fourth-order valence-electron chi connectivity index (χ4n) is 3.52. The molecule has 0 aromatic carbocycles. The van der Waals surface area contributed by atoms with Crippen LogP contribution in [0.25, 0.3) is 0 Å². The van der Waals surface area contributed by atoms with E-state index in [1.165, 1.54) is 0 Å². The van der Waals surface area contributed by atoms with Crippen molar-refractivity contribution in [1.82, 2.24) is 0 Å². The highest BCUT2D eigenvalue weighted by Gasteiger charge is 2.59. The van der Waals surface area contributed by atoms with Crippen molar-refractivity contribution >= 4 is 5.78 Å². The Kier molecular flexibility index (Phi) is 1.97. The summed E-state index contributed by atoms with van der Waals surface area (Å²) in [5, 5.41) is 0. The molecule has 16 heavy (non-hydrogen) atoms. The van der Waals surface area contributed by atoms with Crippen molar-refractivity contribution in [1.29, 1.82) is 0 Å². The lowest BCUT2D eigenvalue weighted by Gasteiger charge is -2.39. The van der Waals surface area contributed by atoms with Crippen LogP contribution in [0.3, 0.4) is 0 Å². The summed E-state index contributed by atoms with van der Waals surface area (Å²) in [6, 6.07) is 0. The highest BCUT2D eigenvalue weighted by atomic mass is 16.5. The molecule has 0 radical (unpaired) electrons. The van der Waals surface area contributed by atoms with Gasteiger partial charge in [-0.2, -0.15) is 0 Å². The van der Waals surface area contributed by atoms with Crippen molar-refractivity contribution < 1.29 is 9.53 Å². The molecule has 0 N–H and O–H groups in total. The largest absolute Gasteiger partial charge is 0.358 e. The Bertz CT molecular complexity index is 394. The molecular formula is C14H18O2. The van der Waals surface area contributed by atoms with Gasteiger partial charge in [0.05, 0.1) is 12.0 Å². The molecular weight excluding hydrogens is 200 g/mol. The molecule has 2 heteroatoms. The van der Waals surface area contributed by atoms with Crippen LogP contribution in [0.15, 0.2) is 24.3 Å². The minimum atomic E-state index is -0.315. The fourth-order valence-corrected chi connectivity index (χ4v) is 3.52. The molecule has 1 saturated carbocycles. The van der Waals surface area contributed by atoms with E-state index in [0.717, 1.165) is 18.4 Å². The molecule has 1 aliphatic carbocycles. The smallest absolute Gasteiger partial charge is 0.146 e. The molecule has 2 aliphatic heterocycles. The predicted molar refractivity (Wildman–Crippen MR) is 61.9 cm³/mol. The summed E-state index contributed by atoms with van der Waals surface area (Å²) in [5.74, 6) is 0.922. The second kappa shape index (κ2) is 3.07. The molecule has 3 rings (SSSR count). The van der Waals surface area contributed by atoms with Crippen molar-refractivity contribution in [3.63, 3.8) is 0 Å². The van der Waals surface area contributed by atoms with Crippen molar-refractivity contribution in [3.8, 4) is 0 Å². The quantitative estimate of drug-likeness (QED) is 0.632. The summed E-state index contributed by atoms with van der Waals surface area (Å²) < 4.78 is 5.94. The SMILES string of the molecule is C=C1[C@H]2C(=O)[C@H](C(C)C)CC[C@]23C=C[C@H]1O3. The van der Waals surface area contributed by atoms with Crippen molar-refractivity contribution in [2.75, 3.05) is 0 Å². The number of hydrogen-bond acceptors (Lipinski definition) is 2. The fraction of sp³-hybridized carbons (Fsp3) is 0.643.